The molecule has 2 aromatic rings. The van der Waals surface area contributed by atoms with Crippen molar-refractivity contribution in [1.82, 2.24) is 19.6 Å². The Bertz CT molecular complexity index is 704. The molecule has 0 aliphatic carbocycles. The molecule has 1 amide bonds. The van der Waals surface area contributed by atoms with E-state index in [9.17, 15) is 4.79 Å². The van der Waals surface area contributed by atoms with Gasteiger partial charge in [0.05, 0.1) is 11.8 Å². The van der Waals surface area contributed by atoms with Crippen LogP contribution >= 0.6 is 11.6 Å². The number of carbonyl (C=O) groups excluding carboxylic acids is 1. The molecule has 0 atom stereocenters. The minimum atomic E-state index is -0.0290. The van der Waals surface area contributed by atoms with E-state index in [1.807, 2.05) is 4.90 Å². The molecule has 23 heavy (non-hydrogen) atoms. The van der Waals surface area contributed by atoms with Crippen molar-refractivity contribution in [1.29, 1.82) is 0 Å². The summed E-state index contributed by atoms with van der Waals surface area (Å²) in [6, 6.07) is 8.45. The van der Waals surface area contributed by atoms with Crippen LogP contribution in [0.15, 0.2) is 30.5 Å². The van der Waals surface area contributed by atoms with Crippen LogP contribution in [0.2, 0.25) is 5.15 Å². The summed E-state index contributed by atoms with van der Waals surface area (Å²) in [6.45, 7) is 6.25. The molecule has 6 heteroatoms. The monoisotopic (exact) mass is 332 g/mol. The van der Waals surface area contributed by atoms with Crippen LogP contribution in [0.4, 0.5) is 0 Å². The molecule has 5 nitrogen and oxygen atoms in total. The van der Waals surface area contributed by atoms with E-state index in [1.54, 1.807) is 13.2 Å². The van der Waals surface area contributed by atoms with Gasteiger partial charge in [-0.3, -0.25) is 14.4 Å². The van der Waals surface area contributed by atoms with Gasteiger partial charge in [-0.15, -0.1) is 0 Å². The van der Waals surface area contributed by atoms with E-state index in [2.05, 4.69) is 41.2 Å². The lowest BCUT2D eigenvalue weighted by Crippen LogP contribution is -2.48. The van der Waals surface area contributed by atoms with Crippen LogP contribution in [0.3, 0.4) is 0 Å². The first-order valence-corrected chi connectivity index (χ1v) is 8.17. The number of benzene rings is 1. The molecular formula is C17H21ClN4O. The van der Waals surface area contributed by atoms with Crippen molar-refractivity contribution < 1.29 is 4.79 Å². The molecule has 0 spiro atoms. The van der Waals surface area contributed by atoms with Crippen molar-refractivity contribution in [3.63, 3.8) is 0 Å². The van der Waals surface area contributed by atoms with Crippen LogP contribution < -0.4 is 0 Å². The van der Waals surface area contributed by atoms with Crippen molar-refractivity contribution >= 4 is 17.5 Å². The second-order valence-electron chi connectivity index (χ2n) is 5.97. The van der Waals surface area contributed by atoms with Gasteiger partial charge < -0.3 is 4.90 Å². The normalized spacial score (nSPS) is 15.9. The first-order valence-electron chi connectivity index (χ1n) is 7.80. The molecular weight excluding hydrogens is 312 g/mol. The summed E-state index contributed by atoms with van der Waals surface area (Å²) in [5.41, 5.74) is 3.15. The van der Waals surface area contributed by atoms with Gasteiger partial charge in [0.15, 0.2) is 0 Å². The maximum Gasteiger partial charge on any atom is 0.258 e. The fourth-order valence-corrected chi connectivity index (χ4v) is 3.05. The van der Waals surface area contributed by atoms with Crippen LogP contribution in [0.1, 0.15) is 21.5 Å². The van der Waals surface area contributed by atoms with E-state index >= 15 is 0 Å². The maximum atomic E-state index is 12.5. The van der Waals surface area contributed by atoms with Crippen LogP contribution in [0.5, 0.6) is 0 Å². The number of amides is 1. The average Bonchev–Trinajstić information content (AvgIpc) is 2.89. The van der Waals surface area contributed by atoms with E-state index in [1.165, 1.54) is 15.8 Å². The Morgan fingerprint density at radius 3 is 2.52 bits per heavy atom. The molecule has 1 aliphatic heterocycles. The standard InChI is InChI=1S/C17H21ClN4O/c1-13-5-3-4-6-14(13)12-21-7-9-22(10-8-21)17(23)15-11-19-20(2)16(15)18/h3-6,11H,7-10,12H2,1-2H3. The molecule has 0 unspecified atom stereocenters. The number of rotatable bonds is 3. The Morgan fingerprint density at radius 1 is 1.22 bits per heavy atom. The molecule has 1 aromatic heterocycles. The molecule has 122 valence electrons. The van der Waals surface area contributed by atoms with Crippen molar-refractivity contribution in [3.8, 4) is 0 Å². The molecule has 0 saturated carbocycles. The first-order chi connectivity index (χ1) is 11.1. The van der Waals surface area contributed by atoms with Gasteiger partial charge in [0.2, 0.25) is 0 Å². The van der Waals surface area contributed by atoms with Crippen LogP contribution in [0.25, 0.3) is 0 Å². The molecule has 1 saturated heterocycles. The third kappa shape index (κ3) is 3.41. The van der Waals surface area contributed by atoms with E-state index < -0.39 is 0 Å². The van der Waals surface area contributed by atoms with Gasteiger partial charge >= 0.3 is 0 Å². The lowest BCUT2D eigenvalue weighted by molar-refractivity contribution is 0.0628. The molecule has 2 heterocycles. The van der Waals surface area contributed by atoms with Crippen LogP contribution in [0, 0.1) is 6.92 Å². The lowest BCUT2D eigenvalue weighted by atomic mass is 10.1. The summed E-state index contributed by atoms with van der Waals surface area (Å²) in [5.74, 6) is -0.0290. The summed E-state index contributed by atoms with van der Waals surface area (Å²) in [4.78, 5) is 16.8. The number of halogens is 1. The average molecular weight is 333 g/mol. The van der Waals surface area contributed by atoms with Gasteiger partial charge in [-0.25, -0.2) is 0 Å². The predicted molar refractivity (Wildman–Crippen MR) is 90.6 cm³/mol. The fraction of sp³-hybridized carbons (Fsp3) is 0.412. The second-order valence-corrected chi connectivity index (χ2v) is 6.33. The fourth-order valence-electron chi connectivity index (χ4n) is 2.87. The SMILES string of the molecule is Cc1ccccc1CN1CCN(C(=O)c2cnn(C)c2Cl)CC1. The first kappa shape index (κ1) is 16.0. The number of aryl methyl sites for hydroxylation is 2. The molecule has 0 bridgehead atoms. The zero-order valence-corrected chi connectivity index (χ0v) is 14.3. The Morgan fingerprint density at radius 2 is 1.91 bits per heavy atom. The molecule has 1 aliphatic rings. The van der Waals surface area contributed by atoms with E-state index in [0.29, 0.717) is 10.7 Å². The highest BCUT2D eigenvalue weighted by Gasteiger charge is 2.25. The third-order valence-electron chi connectivity index (χ3n) is 4.41. The zero-order valence-electron chi connectivity index (χ0n) is 13.5. The summed E-state index contributed by atoms with van der Waals surface area (Å²) in [7, 11) is 1.74. The van der Waals surface area contributed by atoms with Gasteiger partial charge in [-0.2, -0.15) is 5.10 Å². The van der Waals surface area contributed by atoms with E-state index in [4.69, 9.17) is 11.6 Å². The highest BCUT2D eigenvalue weighted by atomic mass is 35.5. The molecule has 1 aromatic carbocycles. The minimum Gasteiger partial charge on any atom is -0.336 e. The summed E-state index contributed by atoms with van der Waals surface area (Å²) in [6.07, 6.45) is 1.55. The number of nitrogens with zero attached hydrogens (tertiary/aromatic N) is 4. The zero-order chi connectivity index (χ0) is 16.4. The second kappa shape index (κ2) is 6.72. The topological polar surface area (TPSA) is 41.4 Å². The Labute approximate surface area is 141 Å². The highest BCUT2D eigenvalue weighted by Crippen LogP contribution is 2.18. The number of aromatic nitrogens is 2. The van der Waals surface area contributed by atoms with Gasteiger partial charge in [-0.05, 0) is 18.1 Å². The quantitative estimate of drug-likeness (QED) is 0.866. The van der Waals surface area contributed by atoms with Gasteiger partial charge in [0, 0.05) is 39.8 Å². The number of carbonyl (C=O) groups is 1. The predicted octanol–water partition coefficient (Wildman–Crippen LogP) is 2.34. The van der Waals surface area contributed by atoms with Crippen molar-refractivity contribution in [3.05, 3.63) is 52.3 Å². The largest absolute Gasteiger partial charge is 0.336 e. The van der Waals surface area contributed by atoms with Gasteiger partial charge in [-0.1, -0.05) is 35.9 Å². The molecule has 0 radical (unpaired) electrons. The Balaban J connectivity index is 1.59. The van der Waals surface area contributed by atoms with Crippen molar-refractivity contribution in [2.75, 3.05) is 26.2 Å². The summed E-state index contributed by atoms with van der Waals surface area (Å²) < 4.78 is 1.52. The van der Waals surface area contributed by atoms with Crippen LogP contribution in [-0.2, 0) is 13.6 Å². The number of hydrogen-bond acceptors (Lipinski definition) is 3. The van der Waals surface area contributed by atoms with Crippen LogP contribution in [-0.4, -0.2) is 51.7 Å². The van der Waals surface area contributed by atoms with Gasteiger partial charge in [0.1, 0.15) is 5.15 Å². The van der Waals surface area contributed by atoms with E-state index in [-0.39, 0.29) is 5.91 Å². The number of piperazine rings is 1. The molecule has 0 N–H and O–H groups in total. The van der Waals surface area contributed by atoms with E-state index in [0.717, 1.165) is 32.7 Å². The smallest absolute Gasteiger partial charge is 0.258 e. The summed E-state index contributed by atoms with van der Waals surface area (Å²) in [5, 5.41) is 4.44. The van der Waals surface area contributed by atoms with Gasteiger partial charge in [0.25, 0.3) is 5.91 Å². The minimum absolute atomic E-state index is 0.0290. The Kier molecular flexibility index (Phi) is 4.68. The third-order valence-corrected chi connectivity index (χ3v) is 4.86. The highest BCUT2D eigenvalue weighted by molar-refractivity contribution is 6.32. The lowest BCUT2D eigenvalue weighted by Gasteiger charge is -2.34. The molecule has 3 rings (SSSR count). The summed E-state index contributed by atoms with van der Waals surface area (Å²) >= 11 is 6.12. The maximum absolute atomic E-state index is 12.5. The van der Waals surface area contributed by atoms with Crippen molar-refractivity contribution in [2.24, 2.45) is 7.05 Å². The van der Waals surface area contributed by atoms with Crippen molar-refractivity contribution in [2.45, 2.75) is 13.5 Å². The number of hydrogen-bond donors (Lipinski definition) is 0. The Hall–Kier alpha value is -1.85. The molecule has 1 fully saturated rings.